The molecule has 0 radical (unpaired) electrons. The second-order valence-corrected chi connectivity index (χ2v) is 4.92. The van der Waals surface area contributed by atoms with E-state index >= 15 is 0 Å². The van der Waals surface area contributed by atoms with Crippen molar-refractivity contribution in [3.63, 3.8) is 0 Å². The van der Waals surface area contributed by atoms with Crippen LogP contribution in [0.1, 0.15) is 26.3 Å². The normalized spacial score (nSPS) is 11.8. The van der Waals surface area contributed by atoms with Crippen LogP contribution in [0.5, 0.6) is 0 Å². The van der Waals surface area contributed by atoms with Crippen LogP contribution in [0.4, 0.5) is 4.39 Å². The van der Waals surface area contributed by atoms with Gasteiger partial charge in [0.1, 0.15) is 5.82 Å². The smallest absolute Gasteiger partial charge is 0.123 e. The second-order valence-electron chi connectivity index (χ2n) is 4.92. The van der Waals surface area contributed by atoms with Gasteiger partial charge < -0.3 is 10.6 Å². The number of hydrogen-bond acceptors (Lipinski definition) is 2. The lowest BCUT2D eigenvalue weighted by atomic mass is 9.84. The molecular weight excluding hydrogens is 215 g/mol. The van der Waals surface area contributed by atoms with E-state index in [1.807, 2.05) is 6.07 Å². The van der Waals surface area contributed by atoms with Gasteiger partial charge >= 0.3 is 0 Å². The molecule has 0 saturated carbocycles. The lowest BCUT2D eigenvalue weighted by Crippen LogP contribution is -2.36. The Bertz CT molecular complexity index is 337. The molecular formula is C14H23FN2. The van der Waals surface area contributed by atoms with Crippen molar-refractivity contribution in [1.82, 2.24) is 10.6 Å². The molecule has 0 saturated heterocycles. The molecule has 0 aromatic heterocycles. The van der Waals surface area contributed by atoms with Crippen molar-refractivity contribution in [2.45, 2.75) is 26.2 Å². The monoisotopic (exact) mass is 238 g/mol. The molecule has 1 aromatic carbocycles. The maximum absolute atomic E-state index is 13.2. The van der Waals surface area contributed by atoms with Crippen molar-refractivity contribution >= 4 is 0 Å². The summed E-state index contributed by atoms with van der Waals surface area (Å²) < 4.78 is 13.2. The van der Waals surface area contributed by atoms with Gasteiger partial charge in [-0.3, -0.25) is 0 Å². The maximum Gasteiger partial charge on any atom is 0.123 e. The largest absolute Gasteiger partial charge is 0.316 e. The predicted octanol–water partition coefficient (Wildman–Crippen LogP) is 2.30. The molecule has 0 heterocycles. The van der Waals surface area contributed by atoms with Crippen LogP contribution in [0.3, 0.4) is 0 Å². The first-order valence-corrected chi connectivity index (χ1v) is 6.24. The Morgan fingerprint density at radius 3 is 2.53 bits per heavy atom. The zero-order chi connectivity index (χ0) is 12.7. The molecule has 0 spiro atoms. The number of nitrogens with one attached hydrogen (secondary N) is 2. The highest BCUT2D eigenvalue weighted by atomic mass is 19.1. The molecule has 2 nitrogen and oxygen atoms in total. The summed E-state index contributed by atoms with van der Waals surface area (Å²) in [4.78, 5) is 0. The van der Waals surface area contributed by atoms with Gasteiger partial charge in [-0.2, -0.15) is 0 Å². The Balaban J connectivity index is 2.45. The van der Waals surface area contributed by atoms with Gasteiger partial charge in [0.25, 0.3) is 0 Å². The molecule has 17 heavy (non-hydrogen) atoms. The van der Waals surface area contributed by atoms with E-state index < -0.39 is 0 Å². The molecule has 0 aliphatic heterocycles. The van der Waals surface area contributed by atoms with Crippen molar-refractivity contribution in [1.29, 1.82) is 0 Å². The Labute approximate surface area is 104 Å². The van der Waals surface area contributed by atoms with Crippen molar-refractivity contribution in [3.8, 4) is 0 Å². The number of rotatable bonds is 7. The minimum absolute atomic E-state index is 0.0473. The van der Waals surface area contributed by atoms with E-state index in [1.54, 1.807) is 12.1 Å². The van der Waals surface area contributed by atoms with Crippen LogP contribution in [-0.4, -0.2) is 26.2 Å². The standard InChI is InChI=1S/C14H23FN2/c1-4-16-8-9-17-11-14(2,3)12-6-5-7-13(15)10-12/h5-7,10,16-17H,4,8-9,11H2,1-3H3. The molecule has 0 bridgehead atoms. The minimum atomic E-state index is -0.164. The Kier molecular flexibility index (Phi) is 5.59. The van der Waals surface area contributed by atoms with Gasteiger partial charge in [0.15, 0.2) is 0 Å². The third-order valence-electron chi connectivity index (χ3n) is 2.90. The molecule has 1 aromatic rings. The van der Waals surface area contributed by atoms with Gasteiger partial charge in [-0.15, -0.1) is 0 Å². The zero-order valence-electron chi connectivity index (χ0n) is 11.0. The summed E-state index contributed by atoms with van der Waals surface area (Å²) in [6.45, 7) is 10.1. The highest BCUT2D eigenvalue weighted by molar-refractivity contribution is 5.24. The highest BCUT2D eigenvalue weighted by Crippen LogP contribution is 2.22. The molecule has 0 fully saturated rings. The summed E-state index contributed by atoms with van der Waals surface area (Å²) in [5.41, 5.74) is 0.988. The van der Waals surface area contributed by atoms with Crippen molar-refractivity contribution < 1.29 is 4.39 Å². The van der Waals surface area contributed by atoms with Gasteiger partial charge in [-0.25, -0.2) is 4.39 Å². The predicted molar refractivity (Wildman–Crippen MR) is 70.8 cm³/mol. The third-order valence-corrected chi connectivity index (χ3v) is 2.90. The molecule has 0 atom stereocenters. The maximum atomic E-state index is 13.2. The summed E-state index contributed by atoms with van der Waals surface area (Å²) in [6.07, 6.45) is 0. The van der Waals surface area contributed by atoms with Crippen molar-refractivity contribution in [3.05, 3.63) is 35.6 Å². The average Bonchev–Trinajstić information content (AvgIpc) is 2.29. The molecule has 2 N–H and O–H groups in total. The number of hydrogen-bond donors (Lipinski definition) is 2. The van der Waals surface area contributed by atoms with Gasteiger partial charge in [-0.05, 0) is 24.2 Å². The first-order chi connectivity index (χ1) is 8.06. The van der Waals surface area contributed by atoms with Crippen LogP contribution in [0, 0.1) is 5.82 Å². The molecule has 0 amide bonds. The van der Waals surface area contributed by atoms with Crippen molar-refractivity contribution in [2.24, 2.45) is 0 Å². The van der Waals surface area contributed by atoms with E-state index in [-0.39, 0.29) is 11.2 Å². The quantitative estimate of drug-likeness (QED) is 0.712. The van der Waals surface area contributed by atoms with E-state index in [2.05, 4.69) is 31.4 Å². The Morgan fingerprint density at radius 2 is 1.88 bits per heavy atom. The molecule has 96 valence electrons. The second kappa shape index (κ2) is 6.72. The summed E-state index contributed by atoms with van der Waals surface area (Å²) in [5, 5.41) is 6.65. The first-order valence-electron chi connectivity index (χ1n) is 6.24. The van der Waals surface area contributed by atoms with Crippen LogP contribution in [0.2, 0.25) is 0 Å². The Morgan fingerprint density at radius 1 is 1.18 bits per heavy atom. The SMILES string of the molecule is CCNCCNCC(C)(C)c1cccc(F)c1. The summed E-state index contributed by atoms with van der Waals surface area (Å²) in [6, 6.07) is 6.85. The van der Waals surface area contributed by atoms with E-state index in [0.717, 1.165) is 31.7 Å². The lowest BCUT2D eigenvalue weighted by molar-refractivity contribution is 0.463. The fraction of sp³-hybridized carbons (Fsp3) is 0.571. The van der Waals surface area contributed by atoms with Gasteiger partial charge in [-0.1, -0.05) is 32.9 Å². The van der Waals surface area contributed by atoms with Gasteiger partial charge in [0.05, 0.1) is 0 Å². The number of halogens is 1. The fourth-order valence-corrected chi connectivity index (χ4v) is 1.77. The molecule has 3 heteroatoms. The van der Waals surface area contributed by atoms with Crippen LogP contribution in [0.25, 0.3) is 0 Å². The molecule has 0 unspecified atom stereocenters. The van der Waals surface area contributed by atoms with Crippen LogP contribution in [0.15, 0.2) is 24.3 Å². The molecule has 0 aliphatic rings. The number of benzene rings is 1. The molecule has 1 rings (SSSR count). The van der Waals surface area contributed by atoms with Crippen molar-refractivity contribution in [2.75, 3.05) is 26.2 Å². The summed E-state index contributed by atoms with van der Waals surface area (Å²) >= 11 is 0. The minimum Gasteiger partial charge on any atom is -0.316 e. The topological polar surface area (TPSA) is 24.1 Å². The van der Waals surface area contributed by atoms with Crippen LogP contribution < -0.4 is 10.6 Å². The van der Waals surface area contributed by atoms with Gasteiger partial charge in [0, 0.05) is 25.0 Å². The van der Waals surface area contributed by atoms with Crippen LogP contribution in [-0.2, 0) is 5.41 Å². The summed E-state index contributed by atoms with van der Waals surface area (Å²) in [5.74, 6) is -0.164. The zero-order valence-corrected chi connectivity index (χ0v) is 11.0. The number of likely N-dealkylation sites (N-methyl/N-ethyl adjacent to an activating group) is 1. The fourth-order valence-electron chi connectivity index (χ4n) is 1.77. The first kappa shape index (κ1) is 14.1. The van der Waals surface area contributed by atoms with E-state index in [1.165, 1.54) is 6.07 Å². The van der Waals surface area contributed by atoms with E-state index in [9.17, 15) is 4.39 Å². The average molecular weight is 238 g/mol. The third kappa shape index (κ3) is 4.84. The van der Waals surface area contributed by atoms with E-state index in [4.69, 9.17) is 0 Å². The molecule has 0 aliphatic carbocycles. The van der Waals surface area contributed by atoms with E-state index in [0.29, 0.717) is 0 Å². The lowest BCUT2D eigenvalue weighted by Gasteiger charge is -2.26. The van der Waals surface area contributed by atoms with Gasteiger partial charge in [0.2, 0.25) is 0 Å². The Hall–Kier alpha value is -0.930. The summed E-state index contributed by atoms with van der Waals surface area (Å²) in [7, 11) is 0. The highest BCUT2D eigenvalue weighted by Gasteiger charge is 2.20. The van der Waals surface area contributed by atoms with Crippen LogP contribution >= 0.6 is 0 Å².